The van der Waals surface area contributed by atoms with Gasteiger partial charge in [0.15, 0.2) is 0 Å². The van der Waals surface area contributed by atoms with Crippen LogP contribution in [0.4, 0.5) is 0 Å². The van der Waals surface area contributed by atoms with Crippen molar-refractivity contribution < 1.29 is 4.42 Å². The highest BCUT2D eigenvalue weighted by molar-refractivity contribution is 7.99. The first kappa shape index (κ1) is 17.6. The van der Waals surface area contributed by atoms with Crippen LogP contribution < -0.4 is 0 Å². The van der Waals surface area contributed by atoms with Gasteiger partial charge in [0.1, 0.15) is 15.7 Å². The maximum Gasteiger partial charge on any atom is 0.282 e. The van der Waals surface area contributed by atoms with Crippen LogP contribution in [-0.2, 0) is 6.54 Å². The molecular formula is C19H23N5OS2. The normalized spacial score (nSPS) is 18.4. The molecule has 8 heteroatoms. The van der Waals surface area contributed by atoms with E-state index >= 15 is 0 Å². The molecule has 4 heterocycles. The molecule has 3 aromatic rings. The number of aryl methyl sites for hydroxylation is 2. The summed E-state index contributed by atoms with van der Waals surface area (Å²) >= 11 is 3.23. The molecule has 0 N–H and O–H groups in total. The van der Waals surface area contributed by atoms with Gasteiger partial charge in [0.25, 0.3) is 5.22 Å². The fourth-order valence-corrected chi connectivity index (χ4v) is 5.55. The van der Waals surface area contributed by atoms with Crippen molar-refractivity contribution in [1.82, 2.24) is 25.1 Å². The Morgan fingerprint density at radius 3 is 2.70 bits per heavy atom. The lowest BCUT2D eigenvalue weighted by atomic mass is 10.1. The fraction of sp³-hybridized carbons (Fsp3) is 0.579. The number of fused-ring (bicyclic) bond motifs is 1. The summed E-state index contributed by atoms with van der Waals surface area (Å²) in [4.78, 5) is 14.6. The van der Waals surface area contributed by atoms with Crippen LogP contribution in [0, 0.1) is 13.8 Å². The van der Waals surface area contributed by atoms with Crippen LogP contribution in [-0.4, -0.2) is 38.2 Å². The smallest absolute Gasteiger partial charge is 0.282 e. The minimum atomic E-state index is 0.469. The van der Waals surface area contributed by atoms with E-state index in [-0.39, 0.29) is 0 Å². The van der Waals surface area contributed by atoms with E-state index in [4.69, 9.17) is 14.4 Å². The monoisotopic (exact) mass is 401 g/mol. The van der Waals surface area contributed by atoms with E-state index in [2.05, 4.69) is 28.9 Å². The highest BCUT2D eigenvalue weighted by Crippen LogP contribution is 2.42. The minimum Gasteiger partial charge on any atom is -0.415 e. The first-order chi connectivity index (χ1) is 13.2. The topological polar surface area (TPSA) is 67.9 Å². The van der Waals surface area contributed by atoms with Crippen LogP contribution >= 0.6 is 23.1 Å². The van der Waals surface area contributed by atoms with Gasteiger partial charge in [-0.15, -0.1) is 21.5 Å². The molecule has 142 valence electrons. The summed E-state index contributed by atoms with van der Waals surface area (Å²) in [5.74, 6) is 2.14. The zero-order valence-electron chi connectivity index (χ0n) is 15.7. The summed E-state index contributed by atoms with van der Waals surface area (Å²) in [6, 6.07) is 0. The van der Waals surface area contributed by atoms with Crippen molar-refractivity contribution in [3.63, 3.8) is 0 Å². The molecular weight excluding hydrogens is 378 g/mol. The molecule has 0 amide bonds. The molecule has 0 atom stereocenters. The predicted octanol–water partition coefficient (Wildman–Crippen LogP) is 4.71. The van der Waals surface area contributed by atoms with Gasteiger partial charge in [0, 0.05) is 16.2 Å². The predicted molar refractivity (Wildman–Crippen MR) is 106 cm³/mol. The van der Waals surface area contributed by atoms with E-state index < -0.39 is 0 Å². The SMILES string of the molecule is Cc1sc2nc(CN3CCCCC3)nc(Sc3nnc(C4CC4)o3)c2c1C. The Bertz CT molecular complexity index is 972. The summed E-state index contributed by atoms with van der Waals surface area (Å²) in [6.07, 6.45) is 6.20. The van der Waals surface area contributed by atoms with Gasteiger partial charge in [-0.2, -0.15) is 0 Å². The van der Waals surface area contributed by atoms with E-state index in [0.717, 1.165) is 59.4 Å². The number of nitrogens with zero attached hydrogens (tertiary/aromatic N) is 5. The third-order valence-corrected chi connectivity index (χ3v) is 7.32. The second-order valence-electron chi connectivity index (χ2n) is 7.53. The summed E-state index contributed by atoms with van der Waals surface area (Å²) in [6.45, 7) is 7.39. The molecule has 1 saturated carbocycles. The molecule has 0 radical (unpaired) electrons. The van der Waals surface area contributed by atoms with Crippen molar-refractivity contribution in [2.45, 2.75) is 68.7 Å². The second kappa shape index (κ2) is 7.14. The average molecular weight is 402 g/mol. The lowest BCUT2D eigenvalue weighted by molar-refractivity contribution is 0.216. The van der Waals surface area contributed by atoms with Crippen molar-refractivity contribution in [1.29, 1.82) is 0 Å². The van der Waals surface area contributed by atoms with Crippen LogP contribution in [0.2, 0.25) is 0 Å². The van der Waals surface area contributed by atoms with E-state index in [1.165, 1.54) is 41.5 Å². The second-order valence-corrected chi connectivity index (χ2v) is 9.67. The largest absolute Gasteiger partial charge is 0.415 e. The fourth-order valence-electron chi connectivity index (χ4n) is 3.56. The third-order valence-electron chi connectivity index (χ3n) is 5.39. The molecule has 3 aromatic heterocycles. The molecule has 0 spiro atoms. The van der Waals surface area contributed by atoms with Crippen LogP contribution in [0.1, 0.15) is 60.2 Å². The molecule has 0 aromatic carbocycles. The molecule has 1 saturated heterocycles. The maximum atomic E-state index is 5.87. The van der Waals surface area contributed by atoms with Gasteiger partial charge in [-0.3, -0.25) is 4.90 Å². The Morgan fingerprint density at radius 1 is 1.11 bits per heavy atom. The van der Waals surface area contributed by atoms with E-state index in [1.54, 1.807) is 11.3 Å². The van der Waals surface area contributed by atoms with Gasteiger partial charge >= 0.3 is 0 Å². The zero-order chi connectivity index (χ0) is 18.4. The Hall–Kier alpha value is -1.51. The Kier molecular flexibility index (Phi) is 4.65. The minimum absolute atomic E-state index is 0.469. The molecule has 1 aliphatic heterocycles. The average Bonchev–Trinajstić information content (AvgIpc) is 3.34. The quantitative estimate of drug-likeness (QED) is 0.574. The molecule has 2 aliphatic rings. The third kappa shape index (κ3) is 3.62. The van der Waals surface area contributed by atoms with Crippen LogP contribution in [0.25, 0.3) is 10.2 Å². The molecule has 2 fully saturated rings. The first-order valence-electron chi connectivity index (χ1n) is 9.67. The number of aromatic nitrogens is 4. The van der Waals surface area contributed by atoms with Crippen molar-refractivity contribution in [3.05, 3.63) is 22.2 Å². The summed E-state index contributed by atoms with van der Waals surface area (Å²) < 4.78 is 5.87. The van der Waals surface area contributed by atoms with E-state index in [1.807, 2.05) is 0 Å². The van der Waals surface area contributed by atoms with Crippen LogP contribution in [0.3, 0.4) is 0 Å². The highest BCUT2D eigenvalue weighted by Gasteiger charge is 2.30. The number of hydrogen-bond donors (Lipinski definition) is 0. The van der Waals surface area contributed by atoms with Gasteiger partial charge in [0.05, 0.1) is 6.54 Å². The number of thiophene rings is 1. The molecule has 0 unspecified atom stereocenters. The van der Waals surface area contributed by atoms with Crippen molar-refractivity contribution in [2.75, 3.05) is 13.1 Å². The number of likely N-dealkylation sites (tertiary alicyclic amines) is 1. The summed E-state index contributed by atoms with van der Waals surface area (Å²) in [5, 5.41) is 11.1. The maximum absolute atomic E-state index is 5.87. The van der Waals surface area contributed by atoms with Crippen molar-refractivity contribution >= 4 is 33.3 Å². The Morgan fingerprint density at radius 2 is 1.93 bits per heavy atom. The molecule has 27 heavy (non-hydrogen) atoms. The van der Waals surface area contributed by atoms with Crippen LogP contribution in [0.15, 0.2) is 14.7 Å². The van der Waals surface area contributed by atoms with E-state index in [0.29, 0.717) is 11.1 Å². The van der Waals surface area contributed by atoms with Crippen molar-refractivity contribution in [2.24, 2.45) is 0 Å². The van der Waals surface area contributed by atoms with Gasteiger partial charge < -0.3 is 4.42 Å². The summed E-state index contributed by atoms with van der Waals surface area (Å²) in [7, 11) is 0. The standard InChI is InChI=1S/C19H23N5OS2/c1-11-12(2)26-17-15(11)18(27-19-23-22-16(25-19)13-6-7-13)21-14(20-17)10-24-8-4-3-5-9-24/h13H,3-10H2,1-2H3. The van der Waals surface area contributed by atoms with Crippen LogP contribution in [0.5, 0.6) is 0 Å². The number of piperidine rings is 1. The lowest BCUT2D eigenvalue weighted by Gasteiger charge is -2.25. The lowest BCUT2D eigenvalue weighted by Crippen LogP contribution is -2.29. The molecule has 5 rings (SSSR count). The Labute approximate surface area is 166 Å². The van der Waals surface area contributed by atoms with Crippen molar-refractivity contribution in [3.8, 4) is 0 Å². The van der Waals surface area contributed by atoms with Gasteiger partial charge in [0.2, 0.25) is 5.89 Å². The van der Waals surface area contributed by atoms with Gasteiger partial charge in [-0.05, 0) is 69.9 Å². The first-order valence-corrected chi connectivity index (χ1v) is 11.3. The molecule has 1 aliphatic carbocycles. The van der Waals surface area contributed by atoms with E-state index in [9.17, 15) is 0 Å². The molecule has 6 nitrogen and oxygen atoms in total. The van der Waals surface area contributed by atoms with Gasteiger partial charge in [-0.25, -0.2) is 9.97 Å². The molecule has 0 bridgehead atoms. The zero-order valence-corrected chi connectivity index (χ0v) is 17.3. The highest BCUT2D eigenvalue weighted by atomic mass is 32.2. The number of rotatable bonds is 5. The number of hydrogen-bond acceptors (Lipinski definition) is 8. The Balaban J connectivity index is 1.49. The van der Waals surface area contributed by atoms with Gasteiger partial charge in [-0.1, -0.05) is 6.42 Å². The summed E-state index contributed by atoms with van der Waals surface area (Å²) in [5.41, 5.74) is 1.25.